The second-order valence-electron chi connectivity index (χ2n) is 8.53. The quantitative estimate of drug-likeness (QED) is 0.354. The number of rotatable bonds is 6. The van der Waals surface area contributed by atoms with Crippen molar-refractivity contribution >= 4 is 45.7 Å². The molecule has 3 heterocycles. The predicted octanol–water partition coefficient (Wildman–Crippen LogP) is 4.35. The molecule has 1 aliphatic carbocycles. The summed E-state index contributed by atoms with van der Waals surface area (Å²) in [6.07, 6.45) is 4.80. The predicted molar refractivity (Wildman–Crippen MR) is 133 cm³/mol. The number of aryl methyl sites for hydroxylation is 1. The zero-order valence-corrected chi connectivity index (χ0v) is 20.4. The minimum absolute atomic E-state index is 0.140. The standard InChI is InChI=1S/C23H26N6O2S2/c1-4-13-5-8-18-14(9-13)10-19(33-18)20-27-28-23(29(20)3)32-12(2)21(30)24-15-6-7-16-17(11-15)26-22(31)25-16/h6-7,10-13H,4-5,8-9H2,1-3H3,(H,24,30)(H2,25,26,31)/t12-,13-/m1/s1. The summed E-state index contributed by atoms with van der Waals surface area (Å²) in [4.78, 5) is 32.2. The first-order valence-electron chi connectivity index (χ1n) is 11.1. The molecule has 0 unspecified atom stereocenters. The van der Waals surface area contributed by atoms with Crippen molar-refractivity contribution in [2.24, 2.45) is 13.0 Å². The molecule has 3 N–H and O–H groups in total. The fourth-order valence-electron chi connectivity index (χ4n) is 4.26. The highest BCUT2D eigenvalue weighted by atomic mass is 32.2. The number of imidazole rings is 1. The van der Waals surface area contributed by atoms with Crippen molar-refractivity contribution < 1.29 is 4.79 Å². The van der Waals surface area contributed by atoms with Gasteiger partial charge in [0.1, 0.15) is 0 Å². The van der Waals surface area contributed by atoms with Crippen LogP contribution in [0.1, 0.15) is 37.1 Å². The molecule has 0 saturated heterocycles. The van der Waals surface area contributed by atoms with Crippen LogP contribution >= 0.6 is 23.1 Å². The van der Waals surface area contributed by atoms with Gasteiger partial charge in [-0.15, -0.1) is 21.5 Å². The van der Waals surface area contributed by atoms with Crippen molar-refractivity contribution in [1.82, 2.24) is 24.7 Å². The molecular formula is C23H26N6O2S2. The maximum absolute atomic E-state index is 12.8. The van der Waals surface area contributed by atoms with E-state index in [0.717, 1.165) is 29.5 Å². The molecule has 10 heteroatoms. The van der Waals surface area contributed by atoms with E-state index < -0.39 is 0 Å². The van der Waals surface area contributed by atoms with E-state index in [1.165, 1.54) is 35.0 Å². The lowest BCUT2D eigenvalue weighted by atomic mass is 9.87. The second-order valence-corrected chi connectivity index (χ2v) is 11.0. The molecule has 0 bridgehead atoms. The summed E-state index contributed by atoms with van der Waals surface area (Å²) in [6, 6.07) is 7.55. The summed E-state index contributed by atoms with van der Waals surface area (Å²) in [5.41, 5.74) is 3.17. The Morgan fingerprint density at radius 2 is 2.12 bits per heavy atom. The fraction of sp³-hybridized carbons (Fsp3) is 0.391. The van der Waals surface area contributed by atoms with Gasteiger partial charge in [-0.05, 0) is 61.9 Å². The molecular weight excluding hydrogens is 456 g/mol. The number of aromatic nitrogens is 5. The Morgan fingerprint density at radius 3 is 2.94 bits per heavy atom. The number of carbonyl (C=O) groups excluding carboxylic acids is 1. The van der Waals surface area contributed by atoms with Crippen molar-refractivity contribution in [1.29, 1.82) is 0 Å². The number of carbonyl (C=O) groups is 1. The molecule has 3 aromatic heterocycles. The third-order valence-electron chi connectivity index (χ3n) is 6.25. The molecule has 172 valence electrons. The van der Waals surface area contributed by atoms with Crippen LogP contribution in [-0.4, -0.2) is 35.9 Å². The number of fused-ring (bicyclic) bond motifs is 2. The molecule has 4 aromatic rings. The van der Waals surface area contributed by atoms with Gasteiger partial charge in [0.25, 0.3) is 0 Å². The van der Waals surface area contributed by atoms with Crippen LogP contribution in [0.2, 0.25) is 0 Å². The highest BCUT2D eigenvalue weighted by Gasteiger charge is 2.24. The molecule has 1 aliphatic rings. The minimum Gasteiger partial charge on any atom is -0.325 e. The smallest absolute Gasteiger partial charge is 0.323 e. The van der Waals surface area contributed by atoms with Crippen molar-refractivity contribution in [2.45, 2.75) is 49.9 Å². The number of hydrogen-bond donors (Lipinski definition) is 3. The normalized spacial score (nSPS) is 16.6. The monoisotopic (exact) mass is 482 g/mol. The van der Waals surface area contributed by atoms with E-state index in [0.29, 0.717) is 21.9 Å². The SMILES string of the molecule is CC[C@@H]1CCc2sc(-c3nnc(S[C@H](C)C(=O)Nc4ccc5[nH]c(=O)[nH]c5c4)n3C)cc2C1. The average molecular weight is 483 g/mol. The van der Waals surface area contributed by atoms with Crippen molar-refractivity contribution in [3.05, 3.63) is 45.2 Å². The molecule has 33 heavy (non-hydrogen) atoms. The van der Waals surface area contributed by atoms with Gasteiger partial charge in [0.05, 0.1) is 21.2 Å². The Kier molecular flexibility index (Phi) is 5.88. The molecule has 5 rings (SSSR count). The van der Waals surface area contributed by atoms with Crippen LogP contribution in [0.4, 0.5) is 5.69 Å². The number of benzene rings is 1. The number of thiophene rings is 1. The highest BCUT2D eigenvalue weighted by Crippen LogP contribution is 2.38. The third kappa shape index (κ3) is 4.37. The van der Waals surface area contributed by atoms with Gasteiger partial charge in [-0.25, -0.2) is 4.79 Å². The molecule has 2 atom stereocenters. The van der Waals surface area contributed by atoms with E-state index in [-0.39, 0.29) is 16.8 Å². The molecule has 0 fully saturated rings. The number of thioether (sulfide) groups is 1. The van der Waals surface area contributed by atoms with Crippen molar-refractivity contribution in [3.63, 3.8) is 0 Å². The van der Waals surface area contributed by atoms with Crippen LogP contribution in [0.3, 0.4) is 0 Å². The summed E-state index contributed by atoms with van der Waals surface area (Å²) in [7, 11) is 1.95. The first-order chi connectivity index (χ1) is 15.9. The zero-order chi connectivity index (χ0) is 23.1. The van der Waals surface area contributed by atoms with E-state index in [9.17, 15) is 9.59 Å². The van der Waals surface area contributed by atoms with Crippen LogP contribution in [0.25, 0.3) is 21.7 Å². The van der Waals surface area contributed by atoms with E-state index in [1.54, 1.807) is 18.2 Å². The van der Waals surface area contributed by atoms with Crippen LogP contribution < -0.4 is 11.0 Å². The maximum Gasteiger partial charge on any atom is 0.323 e. The van der Waals surface area contributed by atoms with E-state index in [2.05, 4.69) is 38.5 Å². The Bertz CT molecular complexity index is 1380. The molecule has 0 spiro atoms. The second kappa shape index (κ2) is 8.83. The van der Waals surface area contributed by atoms with E-state index in [1.807, 2.05) is 29.9 Å². The topological polar surface area (TPSA) is 108 Å². The van der Waals surface area contributed by atoms with Crippen molar-refractivity contribution in [2.75, 3.05) is 5.32 Å². The number of aromatic amines is 2. The summed E-state index contributed by atoms with van der Waals surface area (Å²) in [6.45, 7) is 4.12. The van der Waals surface area contributed by atoms with Gasteiger partial charge in [0.2, 0.25) is 5.91 Å². The van der Waals surface area contributed by atoms with Gasteiger partial charge < -0.3 is 19.9 Å². The summed E-state index contributed by atoms with van der Waals surface area (Å²) >= 11 is 3.20. The van der Waals surface area contributed by atoms with Gasteiger partial charge >= 0.3 is 5.69 Å². The molecule has 1 aromatic carbocycles. The Hall–Kier alpha value is -2.85. The van der Waals surface area contributed by atoms with Crippen LogP contribution in [0.5, 0.6) is 0 Å². The lowest BCUT2D eigenvalue weighted by Gasteiger charge is -2.19. The number of amides is 1. The van der Waals surface area contributed by atoms with E-state index in [4.69, 9.17) is 0 Å². The van der Waals surface area contributed by atoms with Gasteiger partial charge in [-0.1, -0.05) is 25.1 Å². The van der Waals surface area contributed by atoms with Gasteiger partial charge in [-0.3, -0.25) is 4.79 Å². The number of hydrogen-bond acceptors (Lipinski definition) is 6. The molecule has 8 nitrogen and oxygen atoms in total. The fourth-order valence-corrected chi connectivity index (χ4v) is 6.30. The molecule has 0 radical (unpaired) electrons. The van der Waals surface area contributed by atoms with Crippen LogP contribution in [0, 0.1) is 5.92 Å². The Morgan fingerprint density at radius 1 is 1.30 bits per heavy atom. The van der Waals surface area contributed by atoms with Crippen molar-refractivity contribution in [3.8, 4) is 10.7 Å². The number of nitrogens with zero attached hydrogens (tertiary/aromatic N) is 3. The number of anilines is 1. The van der Waals surface area contributed by atoms with Gasteiger partial charge in [0, 0.05) is 17.6 Å². The van der Waals surface area contributed by atoms with E-state index >= 15 is 0 Å². The molecule has 0 saturated carbocycles. The van der Waals surface area contributed by atoms with Crippen LogP contribution in [-0.2, 0) is 24.7 Å². The number of H-pyrrole nitrogens is 2. The average Bonchev–Trinajstić information content (AvgIpc) is 3.48. The lowest BCUT2D eigenvalue weighted by Crippen LogP contribution is -2.22. The summed E-state index contributed by atoms with van der Waals surface area (Å²) in [5, 5.41) is 12.0. The Labute approximate surface area is 199 Å². The zero-order valence-electron chi connectivity index (χ0n) is 18.8. The summed E-state index contributed by atoms with van der Waals surface area (Å²) < 4.78 is 1.97. The van der Waals surface area contributed by atoms with Crippen LogP contribution in [0.15, 0.2) is 34.2 Å². The molecule has 0 aliphatic heterocycles. The maximum atomic E-state index is 12.8. The third-order valence-corrected chi connectivity index (χ3v) is 8.62. The first kappa shape index (κ1) is 22.0. The number of nitrogens with one attached hydrogen (secondary N) is 3. The van der Waals surface area contributed by atoms with Gasteiger partial charge in [-0.2, -0.15) is 0 Å². The lowest BCUT2D eigenvalue weighted by molar-refractivity contribution is -0.115. The Balaban J connectivity index is 1.28. The largest absolute Gasteiger partial charge is 0.325 e. The summed E-state index contributed by atoms with van der Waals surface area (Å²) in [5.74, 6) is 1.49. The first-order valence-corrected chi connectivity index (χ1v) is 12.8. The minimum atomic E-state index is -0.372. The molecule has 1 amide bonds. The highest BCUT2D eigenvalue weighted by molar-refractivity contribution is 8.00. The van der Waals surface area contributed by atoms with Gasteiger partial charge in [0.15, 0.2) is 11.0 Å².